The number of nitrogens with zero attached hydrogens (tertiary/aromatic N) is 2. The quantitative estimate of drug-likeness (QED) is 0.937. The molecule has 0 fully saturated rings. The summed E-state index contributed by atoms with van der Waals surface area (Å²) in [4.78, 5) is 0. The Morgan fingerprint density at radius 3 is 3.07 bits per heavy atom. The molecule has 2 aromatic rings. The molecule has 0 aliphatic heterocycles. The third kappa shape index (κ3) is 2.38. The van der Waals surface area contributed by atoms with Gasteiger partial charge in [-0.2, -0.15) is 0 Å². The molecule has 0 aromatic carbocycles. The summed E-state index contributed by atoms with van der Waals surface area (Å²) in [7, 11) is 0. The molecule has 1 N–H and O–H groups in total. The third-order valence-electron chi connectivity index (χ3n) is 1.76. The van der Waals surface area contributed by atoms with E-state index in [9.17, 15) is 0 Å². The zero-order valence-corrected chi connectivity index (χ0v) is 10.6. The number of rotatable bonds is 4. The minimum absolute atomic E-state index is 0.733. The lowest BCUT2D eigenvalue weighted by Gasteiger charge is -1.95. The number of hydrogen-bond acceptors (Lipinski definition) is 5. The van der Waals surface area contributed by atoms with Gasteiger partial charge in [-0.15, -0.1) is 10.2 Å². The van der Waals surface area contributed by atoms with Gasteiger partial charge in [0.15, 0.2) is 10.8 Å². The van der Waals surface area contributed by atoms with Gasteiger partial charge in [-0.1, -0.05) is 18.3 Å². The van der Waals surface area contributed by atoms with Gasteiger partial charge < -0.3 is 9.73 Å². The predicted octanol–water partition coefficient (Wildman–Crippen LogP) is 3.38. The van der Waals surface area contributed by atoms with Gasteiger partial charge in [0.05, 0.1) is 10.7 Å². The second-order valence-electron chi connectivity index (χ2n) is 2.94. The van der Waals surface area contributed by atoms with Crippen molar-refractivity contribution in [3.63, 3.8) is 0 Å². The summed E-state index contributed by atoms with van der Waals surface area (Å²) in [5.74, 6) is 0.733. The van der Waals surface area contributed by atoms with E-state index >= 15 is 0 Å². The molecule has 0 unspecified atom stereocenters. The standard InChI is InChI=1S/C9H10BrN3OS/c1-2-4-11-9-13-12-8(15-9)7-6(10)3-5-14-7/h3,5H,2,4H2,1H3,(H,11,13). The summed E-state index contributed by atoms with van der Waals surface area (Å²) in [6, 6.07) is 1.84. The lowest BCUT2D eigenvalue weighted by atomic mass is 10.5. The van der Waals surface area contributed by atoms with Crippen molar-refractivity contribution < 1.29 is 4.42 Å². The topological polar surface area (TPSA) is 51.0 Å². The molecule has 2 rings (SSSR count). The molecule has 0 amide bonds. The summed E-state index contributed by atoms with van der Waals surface area (Å²) in [6.07, 6.45) is 2.69. The summed E-state index contributed by atoms with van der Waals surface area (Å²) in [5, 5.41) is 12.9. The van der Waals surface area contributed by atoms with Crippen LogP contribution in [0.15, 0.2) is 21.2 Å². The van der Waals surface area contributed by atoms with E-state index in [-0.39, 0.29) is 0 Å². The molecule has 0 spiro atoms. The number of furan rings is 1. The van der Waals surface area contributed by atoms with E-state index in [2.05, 4.69) is 38.4 Å². The zero-order valence-electron chi connectivity index (χ0n) is 8.16. The molecule has 0 atom stereocenters. The molecule has 6 heteroatoms. The van der Waals surface area contributed by atoms with Crippen LogP contribution in [0.25, 0.3) is 10.8 Å². The summed E-state index contributed by atoms with van der Waals surface area (Å²) >= 11 is 4.88. The number of hydrogen-bond donors (Lipinski definition) is 1. The SMILES string of the molecule is CCCNc1nnc(-c2occc2Br)s1. The van der Waals surface area contributed by atoms with Crippen molar-refractivity contribution in [3.8, 4) is 10.8 Å². The largest absolute Gasteiger partial charge is 0.461 e. The highest BCUT2D eigenvalue weighted by molar-refractivity contribution is 9.10. The van der Waals surface area contributed by atoms with Crippen molar-refractivity contribution in [2.75, 3.05) is 11.9 Å². The molecule has 2 heterocycles. The van der Waals surface area contributed by atoms with Gasteiger partial charge in [0.1, 0.15) is 0 Å². The van der Waals surface area contributed by atoms with Gasteiger partial charge in [0, 0.05) is 6.54 Å². The highest BCUT2D eigenvalue weighted by Gasteiger charge is 2.12. The van der Waals surface area contributed by atoms with Gasteiger partial charge in [-0.3, -0.25) is 0 Å². The molecule has 2 aromatic heterocycles. The van der Waals surface area contributed by atoms with Crippen LogP contribution >= 0.6 is 27.3 Å². The predicted molar refractivity (Wildman–Crippen MR) is 64.1 cm³/mol. The Balaban J connectivity index is 2.17. The van der Waals surface area contributed by atoms with Crippen LogP contribution in [0.3, 0.4) is 0 Å². The molecule has 0 saturated carbocycles. The van der Waals surface area contributed by atoms with Crippen LogP contribution < -0.4 is 5.32 Å². The minimum atomic E-state index is 0.733. The summed E-state index contributed by atoms with van der Waals surface area (Å²) < 4.78 is 6.20. The van der Waals surface area contributed by atoms with Gasteiger partial charge >= 0.3 is 0 Å². The maximum Gasteiger partial charge on any atom is 0.206 e. The van der Waals surface area contributed by atoms with E-state index in [4.69, 9.17) is 4.42 Å². The molecule has 0 bridgehead atoms. The molecule has 80 valence electrons. The average molecular weight is 288 g/mol. The maximum absolute atomic E-state index is 5.30. The van der Waals surface area contributed by atoms with Crippen LogP contribution in [0.4, 0.5) is 5.13 Å². The first kappa shape index (κ1) is 10.6. The van der Waals surface area contributed by atoms with E-state index in [1.807, 2.05) is 6.07 Å². The normalized spacial score (nSPS) is 10.5. The van der Waals surface area contributed by atoms with Crippen molar-refractivity contribution in [1.29, 1.82) is 0 Å². The average Bonchev–Trinajstić information content (AvgIpc) is 2.83. The maximum atomic E-state index is 5.30. The number of halogens is 1. The fourth-order valence-corrected chi connectivity index (χ4v) is 2.36. The van der Waals surface area contributed by atoms with Crippen LogP contribution in [0.1, 0.15) is 13.3 Å². The molecule has 0 aliphatic rings. The fraction of sp³-hybridized carbons (Fsp3) is 0.333. The smallest absolute Gasteiger partial charge is 0.206 e. The van der Waals surface area contributed by atoms with Crippen molar-refractivity contribution in [3.05, 3.63) is 16.8 Å². The van der Waals surface area contributed by atoms with Crippen LogP contribution in [0.2, 0.25) is 0 Å². The highest BCUT2D eigenvalue weighted by Crippen LogP contribution is 2.32. The van der Waals surface area contributed by atoms with E-state index in [0.717, 1.165) is 33.3 Å². The van der Waals surface area contributed by atoms with E-state index in [1.54, 1.807) is 6.26 Å². The lowest BCUT2D eigenvalue weighted by Crippen LogP contribution is -1.98. The molecule has 0 radical (unpaired) electrons. The lowest BCUT2D eigenvalue weighted by molar-refractivity contribution is 0.580. The first-order chi connectivity index (χ1) is 7.31. The number of nitrogens with one attached hydrogen (secondary N) is 1. The van der Waals surface area contributed by atoms with Gasteiger partial charge in [-0.05, 0) is 28.4 Å². The Morgan fingerprint density at radius 1 is 1.53 bits per heavy atom. The second-order valence-corrected chi connectivity index (χ2v) is 4.77. The van der Waals surface area contributed by atoms with Crippen LogP contribution in [0.5, 0.6) is 0 Å². The second kappa shape index (κ2) is 4.76. The molecule has 0 aliphatic carbocycles. The van der Waals surface area contributed by atoms with Gasteiger partial charge in [0.25, 0.3) is 0 Å². The van der Waals surface area contributed by atoms with Gasteiger partial charge in [0.2, 0.25) is 5.13 Å². The first-order valence-corrected chi connectivity index (χ1v) is 6.23. The van der Waals surface area contributed by atoms with Crippen molar-refractivity contribution >= 4 is 32.4 Å². The van der Waals surface area contributed by atoms with Gasteiger partial charge in [-0.25, -0.2) is 0 Å². The Bertz CT molecular complexity index is 440. The molecule has 0 saturated heterocycles. The summed E-state index contributed by atoms with van der Waals surface area (Å²) in [5.41, 5.74) is 0. The Labute approximate surface area is 99.8 Å². The van der Waals surface area contributed by atoms with Crippen molar-refractivity contribution in [1.82, 2.24) is 10.2 Å². The molecule has 4 nitrogen and oxygen atoms in total. The number of anilines is 1. The third-order valence-corrected chi connectivity index (χ3v) is 3.27. The van der Waals surface area contributed by atoms with Crippen LogP contribution in [0, 0.1) is 0 Å². The Morgan fingerprint density at radius 2 is 2.40 bits per heavy atom. The van der Waals surface area contributed by atoms with E-state index in [0.29, 0.717) is 0 Å². The monoisotopic (exact) mass is 287 g/mol. The Hall–Kier alpha value is -0.880. The highest BCUT2D eigenvalue weighted by atomic mass is 79.9. The van der Waals surface area contributed by atoms with Crippen LogP contribution in [-0.2, 0) is 0 Å². The molecular weight excluding hydrogens is 278 g/mol. The molecular formula is C9H10BrN3OS. The van der Waals surface area contributed by atoms with Crippen LogP contribution in [-0.4, -0.2) is 16.7 Å². The summed E-state index contributed by atoms with van der Waals surface area (Å²) in [6.45, 7) is 3.02. The zero-order chi connectivity index (χ0) is 10.7. The van der Waals surface area contributed by atoms with Crippen molar-refractivity contribution in [2.45, 2.75) is 13.3 Å². The minimum Gasteiger partial charge on any atom is -0.461 e. The molecule has 15 heavy (non-hydrogen) atoms. The van der Waals surface area contributed by atoms with Crippen molar-refractivity contribution in [2.24, 2.45) is 0 Å². The van der Waals surface area contributed by atoms with E-state index < -0.39 is 0 Å². The fourth-order valence-electron chi connectivity index (χ4n) is 1.06. The first-order valence-electron chi connectivity index (χ1n) is 4.62. The van der Waals surface area contributed by atoms with E-state index in [1.165, 1.54) is 11.3 Å². The Kier molecular flexibility index (Phi) is 3.37. The number of aromatic nitrogens is 2.